The number of aromatic nitrogens is 3. The standard InChI is InChI=1S/C10H7N4/c11-5-9-3-1-2-4-10(9)6-14-8-12-7-13-14/h1,3-4,7-8H,6H2. The van der Waals surface area contributed by atoms with Crippen molar-refractivity contribution in [3.8, 4) is 6.07 Å². The molecule has 4 nitrogen and oxygen atoms in total. The van der Waals surface area contributed by atoms with Crippen LogP contribution in [0.15, 0.2) is 30.9 Å². The summed E-state index contributed by atoms with van der Waals surface area (Å²) in [5.41, 5.74) is 1.56. The van der Waals surface area contributed by atoms with Crippen LogP contribution in [0.3, 0.4) is 0 Å². The number of benzene rings is 1. The van der Waals surface area contributed by atoms with Crippen LogP contribution in [0.4, 0.5) is 0 Å². The zero-order valence-corrected chi connectivity index (χ0v) is 7.38. The van der Waals surface area contributed by atoms with E-state index in [4.69, 9.17) is 5.26 Å². The highest BCUT2D eigenvalue weighted by Gasteiger charge is 2.01. The summed E-state index contributed by atoms with van der Waals surface area (Å²) in [5.74, 6) is 0. The molecule has 0 unspecified atom stereocenters. The number of nitriles is 1. The van der Waals surface area contributed by atoms with Crippen molar-refractivity contribution in [3.63, 3.8) is 0 Å². The Bertz CT molecular complexity index is 453. The predicted molar refractivity (Wildman–Crippen MR) is 49.1 cm³/mol. The molecule has 0 fully saturated rings. The van der Waals surface area contributed by atoms with E-state index in [1.807, 2.05) is 0 Å². The molecule has 0 aliphatic heterocycles. The van der Waals surface area contributed by atoms with Gasteiger partial charge in [-0.15, -0.1) is 0 Å². The van der Waals surface area contributed by atoms with Crippen LogP contribution in [0.25, 0.3) is 0 Å². The minimum Gasteiger partial charge on any atom is -0.249 e. The van der Waals surface area contributed by atoms with Crippen LogP contribution < -0.4 is 0 Å². The van der Waals surface area contributed by atoms with Gasteiger partial charge in [-0.1, -0.05) is 6.07 Å². The van der Waals surface area contributed by atoms with E-state index in [9.17, 15) is 0 Å². The van der Waals surface area contributed by atoms with Gasteiger partial charge >= 0.3 is 0 Å². The van der Waals surface area contributed by atoms with Gasteiger partial charge in [0.25, 0.3) is 0 Å². The van der Waals surface area contributed by atoms with Crippen molar-refractivity contribution in [1.29, 1.82) is 5.26 Å². The van der Waals surface area contributed by atoms with E-state index in [0.717, 1.165) is 5.56 Å². The van der Waals surface area contributed by atoms with Gasteiger partial charge in [0.15, 0.2) is 0 Å². The van der Waals surface area contributed by atoms with E-state index in [1.165, 1.54) is 6.33 Å². The Kier molecular flexibility index (Phi) is 2.24. The van der Waals surface area contributed by atoms with E-state index >= 15 is 0 Å². The molecule has 1 aromatic heterocycles. The minimum atomic E-state index is 0.556. The van der Waals surface area contributed by atoms with Gasteiger partial charge < -0.3 is 0 Å². The first-order chi connectivity index (χ1) is 6.90. The molecule has 2 rings (SSSR count). The summed E-state index contributed by atoms with van der Waals surface area (Å²) in [6.07, 6.45) is 3.09. The molecular formula is C10H7N4. The Morgan fingerprint density at radius 1 is 1.57 bits per heavy atom. The van der Waals surface area contributed by atoms with Crippen LogP contribution in [0.2, 0.25) is 0 Å². The highest BCUT2D eigenvalue weighted by atomic mass is 15.3. The molecule has 67 valence electrons. The lowest BCUT2D eigenvalue weighted by atomic mass is 10.1. The van der Waals surface area contributed by atoms with E-state index in [2.05, 4.69) is 22.2 Å². The largest absolute Gasteiger partial charge is 0.249 e. The second kappa shape index (κ2) is 3.71. The van der Waals surface area contributed by atoms with Gasteiger partial charge in [-0.05, 0) is 23.8 Å². The molecule has 0 aliphatic carbocycles. The molecule has 4 heteroatoms. The molecular weight excluding hydrogens is 176 g/mol. The molecule has 0 bridgehead atoms. The third-order valence-electron chi connectivity index (χ3n) is 1.87. The molecule has 2 aromatic rings. The highest BCUT2D eigenvalue weighted by Crippen LogP contribution is 2.07. The Morgan fingerprint density at radius 2 is 2.50 bits per heavy atom. The lowest BCUT2D eigenvalue weighted by Crippen LogP contribution is -2.01. The normalized spacial score (nSPS) is 9.64. The molecule has 0 saturated heterocycles. The Morgan fingerprint density at radius 3 is 3.21 bits per heavy atom. The van der Waals surface area contributed by atoms with Gasteiger partial charge in [-0.3, -0.25) is 0 Å². The van der Waals surface area contributed by atoms with Crippen LogP contribution in [-0.2, 0) is 6.54 Å². The summed E-state index contributed by atoms with van der Waals surface area (Å²) in [7, 11) is 0. The zero-order valence-electron chi connectivity index (χ0n) is 7.38. The molecule has 1 heterocycles. The second-order valence-corrected chi connectivity index (χ2v) is 2.79. The maximum absolute atomic E-state index is 8.84. The fourth-order valence-corrected chi connectivity index (χ4v) is 1.19. The lowest BCUT2D eigenvalue weighted by Gasteiger charge is -2.02. The fraction of sp³-hybridized carbons (Fsp3) is 0.100. The van der Waals surface area contributed by atoms with Crippen molar-refractivity contribution in [2.75, 3.05) is 0 Å². The first-order valence-electron chi connectivity index (χ1n) is 4.11. The maximum Gasteiger partial charge on any atom is 0.137 e. The van der Waals surface area contributed by atoms with Crippen LogP contribution in [0, 0.1) is 17.4 Å². The zero-order chi connectivity index (χ0) is 9.80. The average molecular weight is 183 g/mol. The molecule has 1 aromatic carbocycles. The maximum atomic E-state index is 8.84. The molecule has 0 spiro atoms. The number of nitrogens with zero attached hydrogens (tertiary/aromatic N) is 4. The fourth-order valence-electron chi connectivity index (χ4n) is 1.19. The van der Waals surface area contributed by atoms with Crippen LogP contribution in [0.1, 0.15) is 11.1 Å². The van der Waals surface area contributed by atoms with Crippen LogP contribution in [-0.4, -0.2) is 14.8 Å². The van der Waals surface area contributed by atoms with Gasteiger partial charge in [-0.25, -0.2) is 9.67 Å². The van der Waals surface area contributed by atoms with Crippen molar-refractivity contribution in [1.82, 2.24) is 14.8 Å². The highest BCUT2D eigenvalue weighted by molar-refractivity contribution is 5.36. The molecule has 1 radical (unpaired) electrons. The summed E-state index contributed by atoms with van der Waals surface area (Å²) in [5, 5.41) is 12.8. The smallest absolute Gasteiger partial charge is 0.137 e. The summed E-state index contributed by atoms with van der Waals surface area (Å²) >= 11 is 0. The molecule has 0 saturated carbocycles. The first-order valence-corrected chi connectivity index (χ1v) is 4.11. The lowest BCUT2D eigenvalue weighted by molar-refractivity contribution is 0.683. The third-order valence-corrected chi connectivity index (χ3v) is 1.87. The topological polar surface area (TPSA) is 54.5 Å². The van der Waals surface area contributed by atoms with E-state index in [-0.39, 0.29) is 0 Å². The average Bonchev–Trinajstić information content (AvgIpc) is 2.71. The monoisotopic (exact) mass is 183 g/mol. The quantitative estimate of drug-likeness (QED) is 0.697. The van der Waals surface area contributed by atoms with Crippen LogP contribution >= 0.6 is 0 Å². The Labute approximate surface area is 81.4 Å². The summed E-state index contributed by atoms with van der Waals surface area (Å²) in [6.45, 7) is 0.556. The minimum absolute atomic E-state index is 0.556. The van der Waals surface area contributed by atoms with Gasteiger partial charge in [0.05, 0.1) is 18.2 Å². The van der Waals surface area contributed by atoms with Crippen LogP contribution in [0.5, 0.6) is 0 Å². The van der Waals surface area contributed by atoms with E-state index in [0.29, 0.717) is 12.1 Å². The number of hydrogen-bond acceptors (Lipinski definition) is 3. The van der Waals surface area contributed by atoms with E-state index in [1.54, 1.807) is 29.2 Å². The molecule has 0 atom stereocenters. The molecule has 0 amide bonds. The first kappa shape index (κ1) is 8.45. The SMILES string of the molecule is N#Cc1cc[c]cc1Cn1cncn1. The predicted octanol–water partition coefficient (Wildman–Crippen LogP) is 0.998. The van der Waals surface area contributed by atoms with Gasteiger partial charge in [0, 0.05) is 0 Å². The van der Waals surface area contributed by atoms with Gasteiger partial charge in [0.1, 0.15) is 12.7 Å². The second-order valence-electron chi connectivity index (χ2n) is 2.79. The van der Waals surface area contributed by atoms with Crippen molar-refractivity contribution in [2.24, 2.45) is 0 Å². The summed E-state index contributed by atoms with van der Waals surface area (Å²) in [4.78, 5) is 3.83. The summed E-state index contributed by atoms with van der Waals surface area (Å²) < 4.78 is 1.67. The van der Waals surface area contributed by atoms with Gasteiger partial charge in [-0.2, -0.15) is 10.4 Å². The summed E-state index contributed by atoms with van der Waals surface area (Å²) in [6, 6.07) is 10.3. The third kappa shape index (κ3) is 1.62. The molecule has 14 heavy (non-hydrogen) atoms. The number of hydrogen-bond donors (Lipinski definition) is 0. The van der Waals surface area contributed by atoms with Gasteiger partial charge in [0.2, 0.25) is 0 Å². The molecule has 0 N–H and O–H groups in total. The Hall–Kier alpha value is -2.15. The van der Waals surface area contributed by atoms with Crippen molar-refractivity contribution < 1.29 is 0 Å². The van der Waals surface area contributed by atoms with E-state index < -0.39 is 0 Å². The van der Waals surface area contributed by atoms with Crippen molar-refractivity contribution >= 4 is 0 Å². The van der Waals surface area contributed by atoms with Crippen molar-refractivity contribution in [3.05, 3.63) is 48.0 Å². The van der Waals surface area contributed by atoms with Crippen molar-refractivity contribution in [2.45, 2.75) is 6.54 Å². The number of rotatable bonds is 2. The molecule has 0 aliphatic rings. The Balaban J connectivity index is 2.30.